The molecule has 0 fully saturated rings. The fourth-order valence-corrected chi connectivity index (χ4v) is 6.23. The molecule has 0 saturated heterocycles. The van der Waals surface area contributed by atoms with Crippen molar-refractivity contribution < 1.29 is 41.2 Å². The molecule has 1 aliphatic heterocycles. The minimum Gasteiger partial charge on any atom is -0.487 e. The number of ether oxygens (including phenoxy) is 5. The van der Waals surface area contributed by atoms with Crippen LogP contribution in [0.3, 0.4) is 0 Å². The number of hydrogen-bond acceptors (Lipinski definition) is 8. The molecule has 0 unspecified atom stereocenters. The topological polar surface area (TPSA) is 104 Å². The minimum atomic E-state index is -4.06. The van der Waals surface area contributed by atoms with E-state index < -0.39 is 10.1 Å². The maximum Gasteiger partial charge on any atom is 0.265 e. The van der Waals surface area contributed by atoms with Crippen LogP contribution < -0.4 is 14.0 Å². The Kier molecular flexibility index (Phi) is 11.2. The Bertz CT molecular complexity index is 1620. The number of nitrogens with zero attached hydrogens (tertiary/aromatic N) is 1. The van der Waals surface area contributed by atoms with Crippen molar-refractivity contribution >= 4 is 43.8 Å². The van der Waals surface area contributed by atoms with Gasteiger partial charge in [0.05, 0.1) is 45.4 Å². The summed E-state index contributed by atoms with van der Waals surface area (Å²) in [5, 5.41) is 0.955. The SMILES string of the molecule is O=S(=O)(O)CCC[n+]1c(/C=C/c2ccc3c(c2)OCCOCCOCCOCCO3)sc2ccc(-c3ccccc3)cc21. The number of fused-ring (bicyclic) bond motifs is 2. The summed E-state index contributed by atoms with van der Waals surface area (Å²) in [6.07, 6.45) is 4.30. The van der Waals surface area contributed by atoms with Gasteiger partial charge < -0.3 is 23.7 Å². The average Bonchev–Trinajstić information content (AvgIpc) is 3.34. The van der Waals surface area contributed by atoms with Crippen LogP contribution in [0.25, 0.3) is 33.5 Å². The predicted molar refractivity (Wildman–Crippen MR) is 167 cm³/mol. The minimum absolute atomic E-state index is 0.285. The Labute approximate surface area is 256 Å². The zero-order valence-electron chi connectivity index (χ0n) is 23.9. The van der Waals surface area contributed by atoms with E-state index >= 15 is 0 Å². The highest BCUT2D eigenvalue weighted by Gasteiger charge is 2.20. The van der Waals surface area contributed by atoms with Crippen molar-refractivity contribution in [3.8, 4) is 22.6 Å². The lowest BCUT2D eigenvalue weighted by Gasteiger charge is -2.13. The average molecular weight is 627 g/mol. The van der Waals surface area contributed by atoms with Gasteiger partial charge in [0.1, 0.15) is 17.9 Å². The third kappa shape index (κ3) is 9.33. The molecule has 0 radical (unpaired) electrons. The Balaban J connectivity index is 1.41. The highest BCUT2D eigenvalue weighted by molar-refractivity contribution is 7.85. The van der Waals surface area contributed by atoms with Crippen LogP contribution in [0.15, 0.2) is 66.7 Å². The molecule has 0 spiro atoms. The fourth-order valence-electron chi connectivity index (χ4n) is 4.66. The Morgan fingerprint density at radius 2 is 1.42 bits per heavy atom. The third-order valence-corrected chi connectivity index (χ3v) is 8.66. The first-order valence-electron chi connectivity index (χ1n) is 14.2. The second kappa shape index (κ2) is 15.4. The lowest BCUT2D eigenvalue weighted by atomic mass is 10.1. The zero-order chi connectivity index (χ0) is 29.9. The van der Waals surface area contributed by atoms with Gasteiger partial charge in [-0.1, -0.05) is 53.8 Å². The zero-order valence-corrected chi connectivity index (χ0v) is 25.5. The van der Waals surface area contributed by atoms with Crippen LogP contribution in [0.1, 0.15) is 17.0 Å². The highest BCUT2D eigenvalue weighted by Crippen LogP contribution is 2.31. The molecule has 9 nitrogen and oxygen atoms in total. The van der Waals surface area contributed by atoms with E-state index in [0.717, 1.165) is 31.9 Å². The molecule has 1 aliphatic rings. The van der Waals surface area contributed by atoms with Crippen molar-refractivity contribution in [3.63, 3.8) is 0 Å². The van der Waals surface area contributed by atoms with Crippen LogP contribution >= 0.6 is 11.3 Å². The van der Waals surface area contributed by atoms with E-state index in [4.69, 9.17) is 23.7 Å². The lowest BCUT2D eigenvalue weighted by molar-refractivity contribution is -0.668. The molecule has 43 heavy (non-hydrogen) atoms. The summed E-state index contributed by atoms with van der Waals surface area (Å²) in [4.78, 5) is 0. The molecule has 228 valence electrons. The van der Waals surface area contributed by atoms with E-state index in [1.807, 2.05) is 48.6 Å². The normalized spacial score (nSPS) is 15.7. The van der Waals surface area contributed by atoms with Gasteiger partial charge in [-0.15, -0.1) is 0 Å². The van der Waals surface area contributed by atoms with Gasteiger partial charge in [0.25, 0.3) is 15.1 Å². The van der Waals surface area contributed by atoms with Crippen molar-refractivity contribution in [1.82, 2.24) is 0 Å². The molecule has 0 atom stereocenters. The number of hydrogen-bond donors (Lipinski definition) is 1. The van der Waals surface area contributed by atoms with Gasteiger partial charge >= 0.3 is 0 Å². The number of thiazole rings is 1. The van der Waals surface area contributed by atoms with Gasteiger partial charge in [0.15, 0.2) is 18.0 Å². The molecule has 0 aliphatic carbocycles. The third-order valence-electron chi connectivity index (χ3n) is 6.72. The first kappa shape index (κ1) is 31.1. The van der Waals surface area contributed by atoms with E-state index in [1.165, 1.54) is 0 Å². The highest BCUT2D eigenvalue weighted by atomic mass is 32.2. The Hall–Kier alpha value is -3.32. The molecule has 1 N–H and O–H groups in total. The first-order chi connectivity index (χ1) is 21.0. The van der Waals surface area contributed by atoms with Gasteiger partial charge in [-0.05, 0) is 41.0 Å². The van der Waals surface area contributed by atoms with E-state index in [9.17, 15) is 13.0 Å². The quantitative estimate of drug-likeness (QED) is 0.223. The van der Waals surface area contributed by atoms with Crippen molar-refractivity contribution in [2.45, 2.75) is 13.0 Å². The number of aromatic nitrogens is 1. The monoisotopic (exact) mass is 626 g/mol. The van der Waals surface area contributed by atoms with E-state index in [1.54, 1.807) is 11.3 Å². The standard InChI is InChI=1S/C32H35NO8S2/c34-43(35,36)22-4-13-33-28-24-27(26-5-2-1-3-6-26)9-11-31(28)42-32(33)12-8-25-7-10-29-30(23-25)41-21-19-39-17-15-37-14-16-38-18-20-40-29/h1-3,5-12,23-24H,4,13-22H2/p+1/b12-8+. The van der Waals surface area contributed by atoms with Gasteiger partial charge in [-0.25, -0.2) is 0 Å². The summed E-state index contributed by atoms with van der Waals surface area (Å²) < 4.78 is 63.9. The smallest absolute Gasteiger partial charge is 0.265 e. The Morgan fingerprint density at radius 3 is 2.12 bits per heavy atom. The molecule has 0 bridgehead atoms. The van der Waals surface area contributed by atoms with Gasteiger partial charge in [-0.2, -0.15) is 13.0 Å². The first-order valence-corrected chi connectivity index (χ1v) is 16.7. The van der Waals surface area contributed by atoms with Crippen LogP contribution in [-0.2, 0) is 30.9 Å². The van der Waals surface area contributed by atoms with Crippen LogP contribution in [0.4, 0.5) is 0 Å². The van der Waals surface area contributed by atoms with E-state index in [0.29, 0.717) is 70.9 Å². The maximum absolute atomic E-state index is 11.4. The van der Waals surface area contributed by atoms with Crippen molar-refractivity contribution in [2.24, 2.45) is 0 Å². The molecule has 11 heteroatoms. The van der Waals surface area contributed by atoms with Crippen molar-refractivity contribution in [2.75, 3.05) is 58.6 Å². The summed E-state index contributed by atoms with van der Waals surface area (Å²) >= 11 is 1.62. The largest absolute Gasteiger partial charge is 0.487 e. The molecular formula is C32H36NO8S2+. The molecule has 2 heterocycles. The summed E-state index contributed by atoms with van der Waals surface area (Å²) in [5.41, 5.74) is 4.10. The predicted octanol–water partition coefficient (Wildman–Crippen LogP) is 5.13. The molecular weight excluding hydrogens is 590 g/mol. The number of benzene rings is 3. The second-order valence-electron chi connectivity index (χ2n) is 9.85. The van der Waals surface area contributed by atoms with E-state index in [2.05, 4.69) is 34.9 Å². The molecule has 0 saturated carbocycles. The van der Waals surface area contributed by atoms with Crippen LogP contribution in [0.5, 0.6) is 11.5 Å². The fraction of sp³-hybridized carbons (Fsp3) is 0.344. The Morgan fingerprint density at radius 1 is 0.744 bits per heavy atom. The summed E-state index contributed by atoms with van der Waals surface area (Å²) in [6, 6.07) is 22.2. The second-order valence-corrected chi connectivity index (χ2v) is 12.5. The van der Waals surface area contributed by atoms with Crippen molar-refractivity contribution in [3.05, 3.63) is 77.3 Å². The summed E-state index contributed by atoms with van der Waals surface area (Å²) in [6.45, 7) is 4.07. The van der Waals surface area contributed by atoms with Crippen LogP contribution in [0, 0.1) is 0 Å². The maximum atomic E-state index is 11.4. The van der Waals surface area contributed by atoms with Gasteiger partial charge in [0, 0.05) is 18.6 Å². The molecule has 0 amide bonds. The number of aryl methyl sites for hydroxylation is 1. The van der Waals surface area contributed by atoms with Gasteiger partial charge in [0.2, 0.25) is 5.52 Å². The van der Waals surface area contributed by atoms with Gasteiger partial charge in [-0.3, -0.25) is 4.55 Å². The van der Waals surface area contributed by atoms with Crippen LogP contribution in [-0.4, -0.2) is 71.6 Å². The van der Waals surface area contributed by atoms with E-state index in [-0.39, 0.29) is 12.2 Å². The molecule has 4 aromatic rings. The summed E-state index contributed by atoms with van der Waals surface area (Å²) in [7, 11) is -4.06. The molecule has 3 aromatic carbocycles. The van der Waals surface area contributed by atoms with Crippen molar-refractivity contribution in [1.29, 1.82) is 0 Å². The number of rotatable bonds is 7. The lowest BCUT2D eigenvalue weighted by Crippen LogP contribution is -2.36. The van der Waals surface area contributed by atoms with Crippen LogP contribution in [0.2, 0.25) is 0 Å². The molecule has 5 rings (SSSR count). The molecule has 1 aromatic heterocycles. The summed E-state index contributed by atoms with van der Waals surface area (Å²) in [5.74, 6) is 0.937.